The van der Waals surface area contributed by atoms with Crippen LogP contribution in [-0.2, 0) is 10.2 Å². The van der Waals surface area contributed by atoms with Crippen LogP contribution in [0.3, 0.4) is 0 Å². The van der Waals surface area contributed by atoms with Gasteiger partial charge in [0.2, 0.25) is 0 Å². The quantitative estimate of drug-likeness (QED) is 0.641. The molecule has 0 radical (unpaired) electrons. The minimum absolute atomic E-state index is 0.425. The van der Waals surface area contributed by atoms with Crippen LogP contribution in [0.25, 0.3) is 0 Å². The highest BCUT2D eigenvalue weighted by Crippen LogP contribution is 2.03. The summed E-state index contributed by atoms with van der Waals surface area (Å²) in [6, 6.07) is 0. The number of rotatable bonds is 5. The lowest BCUT2D eigenvalue weighted by Gasteiger charge is -2.18. The molecular weight excluding hydrogens is 214 g/mol. The number of nitrogens with zero attached hydrogens (tertiary/aromatic N) is 1. The van der Waals surface area contributed by atoms with Crippen molar-refractivity contribution >= 4 is 10.2 Å². The number of nitrogens with one attached hydrogen (secondary N) is 2. The predicted molar refractivity (Wildman–Crippen MR) is 60.8 cm³/mol. The van der Waals surface area contributed by atoms with E-state index in [0.717, 1.165) is 25.1 Å². The highest BCUT2D eigenvalue weighted by Gasteiger charge is 2.15. The van der Waals surface area contributed by atoms with E-state index < -0.39 is 10.2 Å². The third-order valence-electron chi connectivity index (χ3n) is 2.50. The lowest BCUT2D eigenvalue weighted by molar-refractivity contribution is 0.475. The molecule has 5 nitrogen and oxygen atoms in total. The summed E-state index contributed by atoms with van der Waals surface area (Å²) in [5.74, 6) is 0. The van der Waals surface area contributed by atoms with Gasteiger partial charge in [0.15, 0.2) is 0 Å². The molecule has 0 fully saturated rings. The molecule has 0 aliphatic carbocycles. The molecule has 1 heterocycles. The van der Waals surface area contributed by atoms with E-state index in [-0.39, 0.29) is 0 Å². The van der Waals surface area contributed by atoms with Gasteiger partial charge in [0.05, 0.1) is 0 Å². The van der Waals surface area contributed by atoms with Crippen molar-refractivity contribution < 1.29 is 8.42 Å². The molecule has 1 aliphatic heterocycles. The molecule has 6 heteroatoms. The van der Waals surface area contributed by atoms with Crippen LogP contribution in [0.5, 0.6) is 0 Å². The van der Waals surface area contributed by atoms with Crippen molar-refractivity contribution in [2.75, 3.05) is 33.2 Å². The molecule has 88 valence electrons. The average molecular weight is 233 g/mol. The summed E-state index contributed by atoms with van der Waals surface area (Å²) >= 11 is 0. The second kappa shape index (κ2) is 5.60. The first-order valence-electron chi connectivity index (χ1n) is 5.16. The Morgan fingerprint density at radius 2 is 2.33 bits per heavy atom. The Labute approximate surface area is 91.7 Å². The van der Waals surface area contributed by atoms with E-state index in [4.69, 9.17) is 0 Å². The zero-order chi connectivity index (χ0) is 11.3. The van der Waals surface area contributed by atoms with Crippen molar-refractivity contribution in [3.8, 4) is 0 Å². The summed E-state index contributed by atoms with van der Waals surface area (Å²) in [5.41, 5.74) is 1.15. The molecule has 0 bridgehead atoms. The van der Waals surface area contributed by atoms with Gasteiger partial charge in [-0.3, -0.25) is 0 Å². The molecule has 0 aromatic carbocycles. The van der Waals surface area contributed by atoms with Crippen LogP contribution in [0, 0.1) is 0 Å². The van der Waals surface area contributed by atoms with Crippen molar-refractivity contribution in [1.29, 1.82) is 0 Å². The Balaban J connectivity index is 2.45. The van der Waals surface area contributed by atoms with Crippen molar-refractivity contribution in [2.24, 2.45) is 0 Å². The first-order valence-corrected chi connectivity index (χ1v) is 6.60. The van der Waals surface area contributed by atoms with E-state index in [0.29, 0.717) is 13.1 Å². The SMILES string of the molecule is CCN(C)S(=O)(=O)NCC1=CCNCC1. The van der Waals surface area contributed by atoms with E-state index >= 15 is 0 Å². The maximum Gasteiger partial charge on any atom is 0.279 e. The molecule has 0 aromatic rings. The van der Waals surface area contributed by atoms with Crippen molar-refractivity contribution in [2.45, 2.75) is 13.3 Å². The average Bonchev–Trinajstić information content (AvgIpc) is 2.27. The molecule has 0 saturated heterocycles. The lowest BCUT2D eigenvalue weighted by Crippen LogP contribution is -2.39. The summed E-state index contributed by atoms with van der Waals surface area (Å²) in [6.45, 7) is 4.48. The van der Waals surface area contributed by atoms with Gasteiger partial charge in [-0.2, -0.15) is 17.4 Å². The highest BCUT2D eigenvalue weighted by atomic mass is 32.2. The topological polar surface area (TPSA) is 61.4 Å². The molecule has 0 spiro atoms. The van der Waals surface area contributed by atoms with Crippen molar-refractivity contribution in [1.82, 2.24) is 14.3 Å². The highest BCUT2D eigenvalue weighted by molar-refractivity contribution is 7.87. The molecule has 2 N–H and O–H groups in total. The van der Waals surface area contributed by atoms with Gasteiger partial charge in [0, 0.05) is 26.7 Å². The molecule has 0 aromatic heterocycles. The zero-order valence-electron chi connectivity index (χ0n) is 9.28. The smallest absolute Gasteiger partial charge is 0.279 e. The Hall–Kier alpha value is -0.430. The summed E-state index contributed by atoms with van der Waals surface area (Å²) in [4.78, 5) is 0. The minimum atomic E-state index is -3.29. The van der Waals surface area contributed by atoms with Crippen molar-refractivity contribution in [3.05, 3.63) is 11.6 Å². The second-order valence-electron chi connectivity index (χ2n) is 3.56. The van der Waals surface area contributed by atoms with Gasteiger partial charge in [-0.15, -0.1) is 0 Å². The Kier molecular flexibility index (Phi) is 4.72. The van der Waals surface area contributed by atoms with Gasteiger partial charge in [0.25, 0.3) is 10.2 Å². The van der Waals surface area contributed by atoms with E-state index in [2.05, 4.69) is 10.0 Å². The number of hydrogen-bond donors (Lipinski definition) is 2. The van der Waals surface area contributed by atoms with Gasteiger partial charge < -0.3 is 5.32 Å². The molecular formula is C9H19N3O2S. The third-order valence-corrected chi connectivity index (χ3v) is 4.08. The fourth-order valence-electron chi connectivity index (χ4n) is 1.29. The zero-order valence-corrected chi connectivity index (χ0v) is 10.1. The van der Waals surface area contributed by atoms with Gasteiger partial charge in [0.1, 0.15) is 0 Å². The summed E-state index contributed by atoms with van der Waals surface area (Å²) in [5, 5.41) is 3.18. The third kappa shape index (κ3) is 3.90. The van der Waals surface area contributed by atoms with E-state index in [1.54, 1.807) is 7.05 Å². The Bertz CT molecular complexity index is 324. The van der Waals surface area contributed by atoms with E-state index in [9.17, 15) is 8.42 Å². The molecule has 1 rings (SSSR count). The predicted octanol–water partition coefficient (Wildman–Crippen LogP) is -0.308. The largest absolute Gasteiger partial charge is 0.313 e. The molecule has 0 amide bonds. The van der Waals surface area contributed by atoms with Crippen LogP contribution in [0.4, 0.5) is 0 Å². The Morgan fingerprint density at radius 1 is 1.60 bits per heavy atom. The van der Waals surface area contributed by atoms with Crippen LogP contribution in [0.15, 0.2) is 11.6 Å². The van der Waals surface area contributed by atoms with Crippen LogP contribution in [0.1, 0.15) is 13.3 Å². The number of hydrogen-bond acceptors (Lipinski definition) is 3. The van der Waals surface area contributed by atoms with Crippen LogP contribution < -0.4 is 10.0 Å². The van der Waals surface area contributed by atoms with Crippen LogP contribution in [-0.4, -0.2) is 45.9 Å². The maximum atomic E-state index is 11.6. The normalized spacial score (nSPS) is 17.9. The standard InChI is InChI=1S/C9H19N3O2S/c1-3-12(2)15(13,14)11-8-9-4-6-10-7-5-9/h4,10-11H,3,5-8H2,1-2H3. The summed E-state index contributed by atoms with van der Waals surface area (Å²) in [6.07, 6.45) is 2.95. The van der Waals surface area contributed by atoms with Crippen LogP contribution >= 0.6 is 0 Å². The second-order valence-corrected chi connectivity index (χ2v) is 5.42. The first kappa shape index (κ1) is 12.6. The summed E-state index contributed by atoms with van der Waals surface area (Å²) in [7, 11) is -1.72. The van der Waals surface area contributed by atoms with Crippen molar-refractivity contribution in [3.63, 3.8) is 0 Å². The summed E-state index contributed by atoms with van der Waals surface area (Å²) < 4.78 is 27.0. The molecule has 15 heavy (non-hydrogen) atoms. The fraction of sp³-hybridized carbons (Fsp3) is 0.778. The molecule has 0 saturated carbocycles. The molecule has 0 atom stereocenters. The van der Waals surface area contributed by atoms with Gasteiger partial charge in [-0.25, -0.2) is 0 Å². The minimum Gasteiger partial charge on any atom is -0.313 e. The first-order chi connectivity index (χ1) is 7.06. The molecule has 1 aliphatic rings. The van der Waals surface area contributed by atoms with E-state index in [1.165, 1.54) is 4.31 Å². The van der Waals surface area contributed by atoms with Gasteiger partial charge in [-0.05, 0) is 13.0 Å². The molecule has 0 unspecified atom stereocenters. The van der Waals surface area contributed by atoms with Gasteiger partial charge in [-0.1, -0.05) is 18.6 Å². The lowest BCUT2D eigenvalue weighted by atomic mass is 10.1. The maximum absolute atomic E-state index is 11.6. The fourth-order valence-corrected chi connectivity index (χ4v) is 2.22. The van der Waals surface area contributed by atoms with E-state index in [1.807, 2.05) is 13.0 Å². The van der Waals surface area contributed by atoms with Gasteiger partial charge >= 0.3 is 0 Å². The monoisotopic (exact) mass is 233 g/mol. The Morgan fingerprint density at radius 3 is 2.87 bits per heavy atom. The van der Waals surface area contributed by atoms with Crippen LogP contribution in [0.2, 0.25) is 0 Å².